The van der Waals surface area contributed by atoms with Crippen LogP contribution in [0.25, 0.3) is 0 Å². The minimum Gasteiger partial charge on any atom is -0.743 e. The van der Waals surface area contributed by atoms with Crippen molar-refractivity contribution >= 4 is 22.1 Å². The van der Waals surface area contributed by atoms with Gasteiger partial charge in [-0.05, 0) is 25.7 Å². The lowest BCUT2D eigenvalue weighted by Gasteiger charge is -2.32. The maximum absolute atomic E-state index is 13.7. The van der Waals surface area contributed by atoms with Crippen molar-refractivity contribution in [3.05, 3.63) is 12.2 Å². The highest BCUT2D eigenvalue weighted by Gasteiger charge is 2.68. The Morgan fingerprint density at radius 2 is 1.55 bits per heavy atom. The molecule has 0 saturated carbocycles. The molecule has 0 radical (unpaired) electrons. The first-order valence-corrected chi connectivity index (χ1v) is 10.5. The first kappa shape index (κ1) is 31.1. The van der Waals surface area contributed by atoms with Crippen LogP contribution in [0, 0.1) is 5.92 Å². The summed E-state index contributed by atoms with van der Waals surface area (Å²) in [4.78, 5) is 23.8. The SMILES string of the molecule is C=C(C)C(=O)OC(OCCCCC(F)(F)C(F)(F)S(=O)(=O)[O-])(C(=O)OCC(C)C)C(F)(F)F. The van der Waals surface area contributed by atoms with Crippen molar-refractivity contribution in [1.29, 1.82) is 0 Å². The molecule has 0 aliphatic rings. The lowest BCUT2D eigenvalue weighted by atomic mass is 10.1. The van der Waals surface area contributed by atoms with E-state index < -0.39 is 89.2 Å². The Balaban J connectivity index is 5.56. The Morgan fingerprint density at radius 3 is 1.94 bits per heavy atom. The average Bonchev–Trinajstić information content (AvgIpc) is 2.62. The number of ether oxygens (including phenoxy) is 3. The topological polar surface area (TPSA) is 119 Å². The average molecular weight is 519 g/mol. The minimum atomic E-state index is -6.73. The number of halogens is 7. The molecule has 0 amide bonds. The highest BCUT2D eigenvalue weighted by molar-refractivity contribution is 7.86. The first-order valence-electron chi connectivity index (χ1n) is 9.10. The zero-order valence-corrected chi connectivity index (χ0v) is 18.5. The van der Waals surface area contributed by atoms with Gasteiger partial charge in [0, 0.05) is 12.0 Å². The van der Waals surface area contributed by atoms with Gasteiger partial charge in [-0.1, -0.05) is 20.4 Å². The number of unbranched alkanes of at least 4 members (excludes halogenated alkanes) is 1. The van der Waals surface area contributed by atoms with Gasteiger partial charge in [0.05, 0.1) is 13.2 Å². The summed E-state index contributed by atoms with van der Waals surface area (Å²) in [6.07, 6.45) is -9.58. The van der Waals surface area contributed by atoms with Crippen LogP contribution in [0.2, 0.25) is 0 Å². The second kappa shape index (κ2) is 11.0. The van der Waals surface area contributed by atoms with Crippen LogP contribution >= 0.6 is 0 Å². The van der Waals surface area contributed by atoms with Crippen LogP contribution in [0.5, 0.6) is 0 Å². The van der Waals surface area contributed by atoms with Crippen LogP contribution in [-0.4, -0.2) is 61.3 Å². The molecule has 0 aliphatic carbocycles. The Hall–Kier alpha value is -1.94. The van der Waals surface area contributed by atoms with Gasteiger partial charge in [-0.15, -0.1) is 0 Å². The standard InChI is InChI=1S/C17H23F7O8S/c1-10(2)9-30-13(26)15(16(20,21)22,32-12(25)11(3)4)31-8-6-5-7-14(18,19)17(23,24)33(27,28)29/h10H,3,5-9H2,1-2,4H3,(H,27,28,29)/p-1. The van der Waals surface area contributed by atoms with Crippen molar-refractivity contribution < 1.29 is 67.5 Å². The van der Waals surface area contributed by atoms with E-state index in [-0.39, 0.29) is 0 Å². The summed E-state index contributed by atoms with van der Waals surface area (Å²) in [5.74, 6) is -14.0. The van der Waals surface area contributed by atoms with Crippen LogP contribution in [0.4, 0.5) is 30.7 Å². The molecule has 33 heavy (non-hydrogen) atoms. The van der Waals surface area contributed by atoms with Crippen LogP contribution in [0.1, 0.15) is 40.0 Å². The van der Waals surface area contributed by atoms with Gasteiger partial charge in [0.1, 0.15) is 0 Å². The number of carbonyl (C=O) groups is 2. The van der Waals surface area contributed by atoms with E-state index in [1.807, 2.05) is 0 Å². The maximum Gasteiger partial charge on any atom is 0.468 e. The maximum atomic E-state index is 13.7. The number of hydrogen-bond acceptors (Lipinski definition) is 8. The number of alkyl halides is 7. The Labute approximate surface area is 184 Å². The molecule has 0 saturated heterocycles. The second-order valence-corrected chi connectivity index (χ2v) is 8.68. The molecule has 0 N–H and O–H groups in total. The molecule has 1 atom stereocenters. The molecule has 8 nitrogen and oxygen atoms in total. The molecule has 0 aliphatic heterocycles. The molecule has 0 heterocycles. The van der Waals surface area contributed by atoms with E-state index in [1.54, 1.807) is 0 Å². The van der Waals surface area contributed by atoms with Crippen LogP contribution in [-0.2, 0) is 33.9 Å². The molecule has 0 aromatic rings. The van der Waals surface area contributed by atoms with Crippen molar-refractivity contribution in [1.82, 2.24) is 0 Å². The summed E-state index contributed by atoms with van der Waals surface area (Å²) in [6, 6.07) is 0. The molecular weight excluding hydrogens is 497 g/mol. The molecule has 0 aromatic heterocycles. The fraction of sp³-hybridized carbons (Fsp3) is 0.765. The van der Waals surface area contributed by atoms with E-state index >= 15 is 0 Å². The van der Waals surface area contributed by atoms with Crippen molar-refractivity contribution in [2.24, 2.45) is 5.92 Å². The molecule has 0 fully saturated rings. The molecular formula is C17H22F7O8S-. The van der Waals surface area contributed by atoms with Crippen molar-refractivity contribution in [3.8, 4) is 0 Å². The number of hydrogen-bond donors (Lipinski definition) is 0. The van der Waals surface area contributed by atoms with Gasteiger partial charge in [0.15, 0.2) is 10.1 Å². The Bertz CT molecular complexity index is 824. The predicted molar refractivity (Wildman–Crippen MR) is 94.9 cm³/mol. The first-order chi connectivity index (χ1) is 14.6. The monoisotopic (exact) mass is 519 g/mol. The molecule has 0 rings (SSSR count). The van der Waals surface area contributed by atoms with Gasteiger partial charge in [0.2, 0.25) is 0 Å². The minimum absolute atomic E-state index is 0.446. The van der Waals surface area contributed by atoms with Crippen LogP contribution in [0.3, 0.4) is 0 Å². The van der Waals surface area contributed by atoms with Gasteiger partial charge in [-0.25, -0.2) is 18.0 Å². The quantitative estimate of drug-likeness (QED) is 0.0906. The third kappa shape index (κ3) is 7.81. The van der Waals surface area contributed by atoms with E-state index in [2.05, 4.69) is 20.8 Å². The van der Waals surface area contributed by atoms with Gasteiger partial charge in [0.25, 0.3) is 0 Å². The van der Waals surface area contributed by atoms with Crippen LogP contribution < -0.4 is 0 Å². The van der Waals surface area contributed by atoms with Gasteiger partial charge < -0.3 is 18.8 Å². The van der Waals surface area contributed by atoms with Crippen LogP contribution in [0.15, 0.2) is 12.2 Å². The van der Waals surface area contributed by atoms with Crippen molar-refractivity contribution in [2.45, 2.75) is 63.2 Å². The van der Waals surface area contributed by atoms with E-state index in [0.29, 0.717) is 0 Å². The van der Waals surface area contributed by atoms with Gasteiger partial charge in [-0.2, -0.15) is 30.7 Å². The van der Waals surface area contributed by atoms with E-state index in [1.165, 1.54) is 13.8 Å². The number of carbonyl (C=O) groups excluding carboxylic acids is 2. The van der Waals surface area contributed by atoms with E-state index in [0.717, 1.165) is 6.92 Å². The number of esters is 2. The number of rotatable bonds is 13. The summed E-state index contributed by atoms with van der Waals surface area (Å²) >= 11 is 0. The molecule has 194 valence electrons. The van der Waals surface area contributed by atoms with Gasteiger partial charge in [-0.3, -0.25) is 0 Å². The zero-order chi connectivity index (χ0) is 26.5. The normalized spacial score (nSPS) is 15.2. The summed E-state index contributed by atoms with van der Waals surface area (Å²) < 4.78 is 138. The summed E-state index contributed by atoms with van der Waals surface area (Å²) in [6.45, 7) is 5.17. The fourth-order valence-electron chi connectivity index (χ4n) is 1.93. The van der Waals surface area contributed by atoms with E-state index in [4.69, 9.17) is 0 Å². The predicted octanol–water partition coefficient (Wildman–Crippen LogP) is 3.52. The largest absolute Gasteiger partial charge is 0.743 e. The third-order valence-electron chi connectivity index (χ3n) is 3.70. The highest BCUT2D eigenvalue weighted by atomic mass is 32.2. The molecule has 1 unspecified atom stereocenters. The summed E-state index contributed by atoms with van der Waals surface area (Å²) in [5.41, 5.74) is -0.565. The lowest BCUT2D eigenvalue weighted by Crippen LogP contribution is -2.58. The fourth-order valence-corrected chi connectivity index (χ4v) is 2.40. The second-order valence-electron chi connectivity index (χ2n) is 7.26. The zero-order valence-electron chi connectivity index (χ0n) is 17.6. The lowest BCUT2D eigenvalue weighted by molar-refractivity contribution is -0.355. The Morgan fingerprint density at radius 1 is 1.03 bits per heavy atom. The molecule has 0 bridgehead atoms. The van der Waals surface area contributed by atoms with Crippen molar-refractivity contribution in [2.75, 3.05) is 13.2 Å². The molecule has 0 aromatic carbocycles. The van der Waals surface area contributed by atoms with Gasteiger partial charge >= 0.3 is 35.1 Å². The highest BCUT2D eigenvalue weighted by Crippen LogP contribution is 2.42. The summed E-state index contributed by atoms with van der Waals surface area (Å²) in [7, 11) is -6.73. The third-order valence-corrected chi connectivity index (χ3v) is 4.63. The summed E-state index contributed by atoms with van der Waals surface area (Å²) in [5, 5.41) is -5.96. The van der Waals surface area contributed by atoms with Crippen molar-refractivity contribution in [3.63, 3.8) is 0 Å². The molecule has 0 spiro atoms. The van der Waals surface area contributed by atoms with E-state index in [9.17, 15) is 53.3 Å². The Kier molecular flexibility index (Phi) is 10.3. The molecule has 16 heteroatoms. The smallest absolute Gasteiger partial charge is 0.468 e.